The highest BCUT2D eigenvalue weighted by atomic mass is 32.2. The van der Waals surface area contributed by atoms with Crippen LogP contribution in [0.25, 0.3) is 16.6 Å². The van der Waals surface area contributed by atoms with E-state index in [2.05, 4.69) is 43.2 Å². The molecule has 3 aromatic carbocycles. The van der Waals surface area contributed by atoms with E-state index in [-0.39, 0.29) is 10.8 Å². The first-order valence-electron chi connectivity index (χ1n) is 12.2. The molecule has 0 unspecified atom stereocenters. The minimum absolute atomic E-state index is 0.0622. The molecule has 0 radical (unpaired) electrons. The van der Waals surface area contributed by atoms with Crippen LogP contribution in [-0.2, 0) is 15.8 Å². The molecule has 5 nitrogen and oxygen atoms in total. The van der Waals surface area contributed by atoms with E-state index in [4.69, 9.17) is 4.43 Å². The lowest BCUT2D eigenvalue weighted by Crippen LogP contribution is -2.43. The van der Waals surface area contributed by atoms with Gasteiger partial charge in [0, 0.05) is 17.3 Å². The summed E-state index contributed by atoms with van der Waals surface area (Å²) in [6, 6.07) is 21.6. The molecular formula is C29H36N2O3SSi. The molecule has 190 valence electrons. The van der Waals surface area contributed by atoms with E-state index in [9.17, 15) is 8.42 Å². The maximum atomic E-state index is 13.0. The molecule has 0 saturated heterocycles. The number of aromatic nitrogens is 1. The summed E-state index contributed by atoms with van der Waals surface area (Å²) >= 11 is 0. The predicted octanol–water partition coefficient (Wildman–Crippen LogP) is 7.57. The van der Waals surface area contributed by atoms with Crippen LogP contribution in [0.2, 0.25) is 18.1 Å². The average Bonchev–Trinajstić information content (AvgIpc) is 3.21. The number of hydrogen-bond donors (Lipinski definition) is 1. The van der Waals surface area contributed by atoms with Crippen LogP contribution in [0.5, 0.6) is 5.75 Å². The summed E-state index contributed by atoms with van der Waals surface area (Å²) in [4.78, 5) is 0. The fraction of sp³-hybridized carbons (Fsp3) is 0.310. The predicted molar refractivity (Wildman–Crippen MR) is 153 cm³/mol. The number of aryl methyl sites for hydroxylation is 2. The van der Waals surface area contributed by atoms with Gasteiger partial charge in [-0.1, -0.05) is 50.6 Å². The summed E-state index contributed by atoms with van der Waals surface area (Å²) < 4.78 is 37.4. The Hall–Kier alpha value is -3.03. The minimum Gasteiger partial charge on any atom is -0.544 e. The SMILES string of the molecule is Cc1ccc(C)c(CS(=O)(=O)Nc2cccc3c2ccn3-c2ccc(O[Si](C)(C)C(C)(C)C)cc2)c1. The molecule has 0 aliphatic rings. The highest BCUT2D eigenvalue weighted by Crippen LogP contribution is 2.37. The first kappa shape index (κ1) is 26.0. The van der Waals surface area contributed by atoms with Crippen LogP contribution in [0.1, 0.15) is 37.5 Å². The average molecular weight is 521 g/mol. The van der Waals surface area contributed by atoms with Crippen molar-refractivity contribution in [1.29, 1.82) is 0 Å². The van der Waals surface area contributed by atoms with E-state index in [1.54, 1.807) is 0 Å². The topological polar surface area (TPSA) is 60.3 Å². The lowest BCUT2D eigenvalue weighted by atomic mass is 10.1. The zero-order valence-electron chi connectivity index (χ0n) is 22.2. The number of anilines is 1. The molecule has 4 aromatic rings. The summed E-state index contributed by atoms with van der Waals surface area (Å²) in [6.07, 6.45) is 1.97. The number of nitrogens with one attached hydrogen (secondary N) is 1. The van der Waals surface area contributed by atoms with Gasteiger partial charge in [0.25, 0.3) is 0 Å². The van der Waals surface area contributed by atoms with Crippen LogP contribution < -0.4 is 9.15 Å². The van der Waals surface area contributed by atoms with Crippen LogP contribution in [0.15, 0.2) is 72.9 Å². The van der Waals surface area contributed by atoms with Crippen LogP contribution in [0.3, 0.4) is 0 Å². The van der Waals surface area contributed by atoms with Gasteiger partial charge >= 0.3 is 0 Å². The molecule has 0 aliphatic heterocycles. The van der Waals surface area contributed by atoms with Crippen LogP contribution >= 0.6 is 0 Å². The van der Waals surface area contributed by atoms with Gasteiger partial charge in [-0.2, -0.15) is 0 Å². The summed E-state index contributed by atoms with van der Waals surface area (Å²) in [7, 11) is -5.49. The molecule has 0 spiro atoms. The standard InChI is InChI=1S/C29H36N2O3SSi/c1-21-11-12-22(2)23(19-21)20-35(32,33)30-27-9-8-10-28-26(27)17-18-31(28)24-13-15-25(16-14-24)34-36(6,7)29(3,4)5/h8-19,30H,20H2,1-7H3. The molecule has 0 saturated carbocycles. The van der Waals surface area contributed by atoms with Crippen molar-refractivity contribution in [1.82, 2.24) is 4.57 Å². The third-order valence-corrected chi connectivity index (χ3v) is 12.7. The molecule has 0 atom stereocenters. The van der Waals surface area contributed by atoms with E-state index >= 15 is 0 Å². The Labute approximate surface area is 216 Å². The Morgan fingerprint density at radius 2 is 1.64 bits per heavy atom. The van der Waals surface area contributed by atoms with Crippen molar-refractivity contribution in [3.8, 4) is 11.4 Å². The van der Waals surface area contributed by atoms with Crippen molar-refractivity contribution in [2.45, 2.75) is 58.5 Å². The molecule has 7 heteroatoms. The maximum Gasteiger partial charge on any atom is 0.250 e. The van der Waals surface area contributed by atoms with Gasteiger partial charge in [0.15, 0.2) is 0 Å². The summed E-state index contributed by atoms with van der Waals surface area (Å²) in [5.74, 6) is 0.814. The molecular weight excluding hydrogens is 484 g/mol. The largest absolute Gasteiger partial charge is 0.544 e. The van der Waals surface area contributed by atoms with E-state index in [1.165, 1.54) is 0 Å². The lowest BCUT2D eigenvalue weighted by Gasteiger charge is -2.36. The summed E-state index contributed by atoms with van der Waals surface area (Å²) in [5, 5.41) is 0.980. The van der Waals surface area contributed by atoms with Gasteiger partial charge in [0.2, 0.25) is 18.3 Å². The Kier molecular flexibility index (Phi) is 6.83. The van der Waals surface area contributed by atoms with Gasteiger partial charge in [0.05, 0.1) is 17.0 Å². The molecule has 36 heavy (non-hydrogen) atoms. The maximum absolute atomic E-state index is 13.0. The van der Waals surface area contributed by atoms with Crippen molar-refractivity contribution in [3.05, 3.63) is 89.6 Å². The molecule has 0 amide bonds. The van der Waals surface area contributed by atoms with Crippen molar-refractivity contribution < 1.29 is 12.8 Å². The number of hydrogen-bond acceptors (Lipinski definition) is 3. The second-order valence-corrected chi connectivity index (χ2v) is 17.5. The van der Waals surface area contributed by atoms with Gasteiger partial charge < -0.3 is 8.99 Å². The smallest absolute Gasteiger partial charge is 0.250 e. The molecule has 1 heterocycles. The normalized spacial score (nSPS) is 12.6. The summed E-state index contributed by atoms with van der Waals surface area (Å²) in [5.41, 5.74) is 5.33. The van der Waals surface area contributed by atoms with Gasteiger partial charge in [-0.3, -0.25) is 4.72 Å². The molecule has 0 fully saturated rings. The van der Waals surface area contributed by atoms with Crippen LogP contribution in [0, 0.1) is 13.8 Å². The van der Waals surface area contributed by atoms with E-state index in [0.717, 1.165) is 39.0 Å². The van der Waals surface area contributed by atoms with Crippen molar-refractivity contribution >= 4 is 34.9 Å². The highest BCUT2D eigenvalue weighted by molar-refractivity contribution is 7.91. The fourth-order valence-corrected chi connectivity index (χ4v) is 6.31. The molecule has 1 N–H and O–H groups in total. The Morgan fingerprint density at radius 3 is 2.31 bits per heavy atom. The third-order valence-electron chi connectivity index (χ3n) is 7.14. The second kappa shape index (κ2) is 9.45. The van der Waals surface area contributed by atoms with E-state index < -0.39 is 18.3 Å². The van der Waals surface area contributed by atoms with E-state index in [1.807, 2.05) is 86.8 Å². The minimum atomic E-state index is -3.58. The van der Waals surface area contributed by atoms with Crippen molar-refractivity contribution in [3.63, 3.8) is 0 Å². The number of fused-ring (bicyclic) bond motifs is 1. The first-order valence-corrected chi connectivity index (χ1v) is 16.8. The highest BCUT2D eigenvalue weighted by Gasteiger charge is 2.38. The molecule has 0 bridgehead atoms. The van der Waals surface area contributed by atoms with Crippen molar-refractivity contribution in [2.75, 3.05) is 4.72 Å². The zero-order valence-corrected chi connectivity index (χ0v) is 24.0. The van der Waals surface area contributed by atoms with Crippen LogP contribution in [0.4, 0.5) is 5.69 Å². The van der Waals surface area contributed by atoms with Gasteiger partial charge in [-0.25, -0.2) is 8.42 Å². The molecule has 1 aromatic heterocycles. The van der Waals surface area contributed by atoms with Gasteiger partial charge in [-0.15, -0.1) is 0 Å². The van der Waals surface area contributed by atoms with Crippen LogP contribution in [-0.4, -0.2) is 21.3 Å². The Morgan fingerprint density at radius 1 is 0.944 bits per heavy atom. The Balaban J connectivity index is 1.59. The number of nitrogens with zero attached hydrogens (tertiary/aromatic N) is 1. The quantitative estimate of drug-likeness (QED) is 0.256. The lowest BCUT2D eigenvalue weighted by molar-refractivity contribution is 0.492. The monoisotopic (exact) mass is 520 g/mol. The third kappa shape index (κ3) is 5.52. The zero-order chi connectivity index (χ0) is 26.3. The van der Waals surface area contributed by atoms with Gasteiger partial charge in [0.1, 0.15) is 5.75 Å². The number of sulfonamides is 1. The molecule has 0 aliphatic carbocycles. The number of benzene rings is 3. The Bertz CT molecular complexity index is 1500. The molecule has 4 rings (SSSR count). The van der Waals surface area contributed by atoms with E-state index in [0.29, 0.717) is 5.69 Å². The number of rotatable bonds is 7. The summed E-state index contributed by atoms with van der Waals surface area (Å²) in [6.45, 7) is 15.1. The first-order chi connectivity index (χ1) is 16.8. The second-order valence-electron chi connectivity index (χ2n) is 11.1. The van der Waals surface area contributed by atoms with Gasteiger partial charge in [-0.05, 0) is 85.6 Å². The fourth-order valence-electron chi connectivity index (χ4n) is 3.97. The van der Waals surface area contributed by atoms with Crippen molar-refractivity contribution in [2.24, 2.45) is 0 Å².